The van der Waals surface area contributed by atoms with E-state index in [0.29, 0.717) is 6.61 Å². The summed E-state index contributed by atoms with van der Waals surface area (Å²) in [5.41, 5.74) is 5.36. The van der Waals surface area contributed by atoms with Gasteiger partial charge in [-0.2, -0.15) is 13.2 Å². The molecule has 30 heavy (non-hydrogen) atoms. The van der Waals surface area contributed by atoms with E-state index in [1.807, 2.05) is 13.0 Å². The van der Waals surface area contributed by atoms with Crippen molar-refractivity contribution in [2.75, 3.05) is 20.3 Å². The van der Waals surface area contributed by atoms with E-state index in [4.69, 9.17) is 29.8 Å². The topological polar surface area (TPSA) is 108 Å². The second-order valence-corrected chi connectivity index (χ2v) is 7.07. The number of halogens is 3. The molecule has 7 nitrogen and oxygen atoms in total. The Morgan fingerprint density at radius 3 is 2.30 bits per heavy atom. The molecule has 0 radical (unpaired) electrons. The highest BCUT2D eigenvalue weighted by Gasteiger charge is 2.40. The van der Waals surface area contributed by atoms with Gasteiger partial charge < -0.3 is 25.1 Å². The van der Waals surface area contributed by atoms with Gasteiger partial charge in [-0.25, -0.2) is 4.79 Å². The van der Waals surface area contributed by atoms with Gasteiger partial charge >= 0.3 is 18.1 Å². The zero-order chi connectivity index (χ0) is 23.2. The fraction of sp³-hybridized carbons (Fsp3) is 0.800. The number of carbonyl (C=O) groups excluding carboxylic acids is 1. The van der Waals surface area contributed by atoms with E-state index in [-0.39, 0.29) is 24.7 Å². The molecule has 3 N–H and O–H groups in total. The van der Waals surface area contributed by atoms with Gasteiger partial charge in [0.25, 0.3) is 0 Å². The van der Waals surface area contributed by atoms with Gasteiger partial charge in [0, 0.05) is 13.0 Å². The van der Waals surface area contributed by atoms with Crippen LogP contribution in [0, 0.1) is 5.92 Å². The molecule has 1 saturated heterocycles. The molecule has 0 aromatic rings. The van der Waals surface area contributed by atoms with Crippen LogP contribution in [0.1, 0.15) is 52.4 Å². The molecule has 176 valence electrons. The fourth-order valence-corrected chi connectivity index (χ4v) is 2.92. The van der Waals surface area contributed by atoms with E-state index in [2.05, 4.69) is 13.0 Å². The summed E-state index contributed by atoms with van der Waals surface area (Å²) in [4.78, 5) is 20.5. The summed E-state index contributed by atoms with van der Waals surface area (Å²) in [5.74, 6) is -3.01. The Bertz CT molecular complexity index is 527. The monoisotopic (exact) mass is 441 g/mol. The summed E-state index contributed by atoms with van der Waals surface area (Å²) in [5, 5.41) is 7.12. The van der Waals surface area contributed by atoms with Crippen molar-refractivity contribution in [2.45, 2.75) is 76.9 Å². The van der Waals surface area contributed by atoms with Gasteiger partial charge in [0.1, 0.15) is 12.2 Å². The molecule has 1 heterocycles. The number of unbranched alkanes of at least 4 members (excludes halogenated alkanes) is 5. The summed E-state index contributed by atoms with van der Waals surface area (Å²) >= 11 is 0. The van der Waals surface area contributed by atoms with E-state index >= 15 is 0 Å². The molecule has 1 aliphatic rings. The third-order valence-electron chi connectivity index (χ3n) is 4.51. The molecule has 0 bridgehead atoms. The lowest BCUT2D eigenvalue weighted by atomic mass is 9.93. The lowest BCUT2D eigenvalue weighted by Crippen LogP contribution is -2.52. The largest absolute Gasteiger partial charge is 0.490 e. The number of allylic oxidation sites excluding steroid dienone is 1. The first-order valence-corrected chi connectivity index (χ1v) is 10.1. The number of alkyl halides is 3. The number of esters is 1. The van der Waals surface area contributed by atoms with Gasteiger partial charge in [-0.05, 0) is 12.8 Å². The van der Waals surface area contributed by atoms with E-state index in [9.17, 15) is 18.0 Å². The molecule has 0 aromatic carbocycles. The van der Waals surface area contributed by atoms with Gasteiger partial charge in [-0.15, -0.1) is 0 Å². The first-order valence-electron chi connectivity index (χ1n) is 10.1. The molecule has 1 aliphatic heterocycles. The maximum absolute atomic E-state index is 11.6. The van der Waals surface area contributed by atoms with Crippen molar-refractivity contribution < 1.29 is 42.1 Å². The minimum Gasteiger partial charge on any atom is -0.475 e. The normalized spacial score (nSPS) is 24.2. The smallest absolute Gasteiger partial charge is 0.475 e. The van der Waals surface area contributed by atoms with Crippen molar-refractivity contribution in [3.8, 4) is 0 Å². The number of hydrogen-bond acceptors (Lipinski definition) is 6. The first-order chi connectivity index (χ1) is 14.1. The highest BCUT2D eigenvalue weighted by Crippen LogP contribution is 2.26. The molecule has 0 spiro atoms. The van der Waals surface area contributed by atoms with Crippen molar-refractivity contribution in [1.29, 1.82) is 0 Å². The van der Waals surface area contributed by atoms with Crippen LogP contribution in [0.5, 0.6) is 0 Å². The molecule has 0 aliphatic carbocycles. The highest BCUT2D eigenvalue weighted by molar-refractivity contribution is 5.73. The lowest BCUT2D eigenvalue weighted by Gasteiger charge is -2.39. The van der Waals surface area contributed by atoms with Crippen LogP contribution in [-0.4, -0.2) is 61.8 Å². The van der Waals surface area contributed by atoms with Crippen LogP contribution >= 0.6 is 0 Å². The zero-order valence-electron chi connectivity index (χ0n) is 17.8. The van der Waals surface area contributed by atoms with Crippen molar-refractivity contribution >= 4 is 11.9 Å². The van der Waals surface area contributed by atoms with E-state index in [1.54, 1.807) is 7.11 Å². The van der Waals surface area contributed by atoms with Crippen molar-refractivity contribution in [3.05, 3.63) is 12.2 Å². The zero-order valence-corrected chi connectivity index (χ0v) is 17.8. The van der Waals surface area contributed by atoms with Gasteiger partial charge in [0.2, 0.25) is 0 Å². The van der Waals surface area contributed by atoms with Crippen LogP contribution in [0.3, 0.4) is 0 Å². The molecule has 0 saturated carbocycles. The minimum absolute atomic E-state index is 0.130. The summed E-state index contributed by atoms with van der Waals surface area (Å²) in [7, 11) is 1.64. The summed E-state index contributed by atoms with van der Waals surface area (Å²) in [6.45, 7) is 4.72. The van der Waals surface area contributed by atoms with Crippen LogP contribution < -0.4 is 5.73 Å². The molecule has 0 amide bonds. The molecule has 10 heteroatoms. The number of aliphatic carboxylic acids is 1. The van der Waals surface area contributed by atoms with Gasteiger partial charge in [0.05, 0.1) is 13.2 Å². The third-order valence-corrected chi connectivity index (χ3v) is 4.51. The Morgan fingerprint density at radius 1 is 1.20 bits per heavy atom. The number of carbonyl (C=O) groups is 2. The first kappa shape index (κ1) is 28.4. The molecular weight excluding hydrogens is 407 g/mol. The second kappa shape index (κ2) is 15.2. The van der Waals surface area contributed by atoms with Crippen molar-refractivity contribution in [1.82, 2.24) is 0 Å². The molecule has 0 aromatic heterocycles. The second-order valence-electron chi connectivity index (χ2n) is 7.07. The van der Waals surface area contributed by atoms with Crippen LogP contribution in [0.25, 0.3) is 0 Å². The van der Waals surface area contributed by atoms with Crippen LogP contribution in [0.2, 0.25) is 0 Å². The van der Waals surface area contributed by atoms with E-state index in [1.165, 1.54) is 32.1 Å². The highest BCUT2D eigenvalue weighted by atomic mass is 19.4. The summed E-state index contributed by atoms with van der Waals surface area (Å²) < 4.78 is 48.6. The van der Waals surface area contributed by atoms with E-state index in [0.717, 1.165) is 6.42 Å². The van der Waals surface area contributed by atoms with Crippen molar-refractivity contribution in [2.24, 2.45) is 11.7 Å². The number of methoxy groups -OCH3 is 1. The average Bonchev–Trinajstić information content (AvgIpc) is 2.68. The number of ether oxygens (including phenoxy) is 3. The Morgan fingerprint density at radius 2 is 1.80 bits per heavy atom. The van der Waals surface area contributed by atoms with Crippen molar-refractivity contribution in [3.63, 3.8) is 0 Å². The molecule has 1 rings (SSSR count). The minimum atomic E-state index is -5.08. The Labute approximate surface area is 175 Å². The Hall–Kier alpha value is -1.65. The maximum Gasteiger partial charge on any atom is 0.490 e. The summed E-state index contributed by atoms with van der Waals surface area (Å²) in [6.07, 6.45) is 5.51. The fourth-order valence-electron chi connectivity index (χ4n) is 2.92. The third kappa shape index (κ3) is 11.5. The van der Waals surface area contributed by atoms with Crippen LogP contribution in [-0.2, 0) is 23.8 Å². The maximum atomic E-state index is 11.6. The summed E-state index contributed by atoms with van der Waals surface area (Å²) in [6, 6.07) is 0. The predicted molar refractivity (Wildman–Crippen MR) is 105 cm³/mol. The van der Waals surface area contributed by atoms with Gasteiger partial charge in [0.15, 0.2) is 6.10 Å². The number of hydrogen-bond donors (Lipinski definition) is 2. The lowest BCUT2D eigenvalue weighted by molar-refractivity contribution is -0.192. The number of nitrogens with two attached hydrogens (primary N) is 1. The quantitative estimate of drug-likeness (QED) is 0.304. The average molecular weight is 441 g/mol. The number of carboxylic acid groups (broad SMARTS) is 1. The van der Waals surface area contributed by atoms with Crippen LogP contribution in [0.15, 0.2) is 12.2 Å². The molecule has 1 fully saturated rings. The van der Waals surface area contributed by atoms with Gasteiger partial charge in [-0.1, -0.05) is 51.7 Å². The molecule has 0 unspecified atom stereocenters. The van der Waals surface area contributed by atoms with Crippen LogP contribution in [0.4, 0.5) is 13.2 Å². The SMILES string of the molecule is CCCCCCC/C=C\[C@@H]1OC[C@H](C)[C@H](OC)[C@H]1OC(=O)CN.O=C(O)C(F)(F)F. The van der Waals surface area contributed by atoms with Gasteiger partial charge in [-0.3, -0.25) is 4.79 Å². The number of carboxylic acids is 1. The predicted octanol–water partition coefficient (Wildman–Crippen LogP) is 3.46. The standard InChI is InChI=1S/C18H33NO4.C2HF3O2/c1-4-5-6-7-8-9-10-11-15-18(23-16(20)12-19)17(21-3)14(2)13-22-15;3-2(4,5)1(6)7/h10-11,14-15,17-18H,4-9,12-13,19H2,1-3H3;(H,6,7)/b11-10-;/t14-,15-,17-,18-;/m0./s1. The molecule has 4 atom stereocenters. The van der Waals surface area contributed by atoms with E-state index < -0.39 is 24.2 Å². The molecular formula is C20H34F3NO6. The Kier molecular flexibility index (Phi) is 14.4. The number of rotatable bonds is 10. The Balaban J connectivity index is 0.00000103.